The van der Waals surface area contributed by atoms with E-state index < -0.39 is 6.29 Å². The van der Waals surface area contributed by atoms with Crippen molar-refractivity contribution in [3.63, 3.8) is 0 Å². The van der Waals surface area contributed by atoms with Gasteiger partial charge in [-0.2, -0.15) is 0 Å². The number of aliphatic hydroxyl groups excluding tert-OH is 1. The molecule has 1 aliphatic heterocycles. The van der Waals surface area contributed by atoms with Crippen molar-refractivity contribution in [1.82, 2.24) is 20.5 Å². The van der Waals surface area contributed by atoms with Gasteiger partial charge in [-0.1, -0.05) is 54.6 Å². The predicted molar refractivity (Wildman–Crippen MR) is 177 cm³/mol. The molecule has 3 N–H and O–H groups in total. The largest absolute Gasteiger partial charge is 0.392 e. The molecular weight excluding hydrogens is 576 g/mol. The molecule has 8 nitrogen and oxygen atoms in total. The first-order chi connectivity index (χ1) is 22.4. The van der Waals surface area contributed by atoms with Gasteiger partial charge in [-0.25, -0.2) is 4.79 Å². The van der Waals surface area contributed by atoms with E-state index in [1.54, 1.807) is 0 Å². The third-order valence-electron chi connectivity index (χ3n) is 10.7. The fourth-order valence-electron chi connectivity index (χ4n) is 8.85. The van der Waals surface area contributed by atoms with E-state index in [9.17, 15) is 9.90 Å². The Kier molecular flexibility index (Phi) is 9.41. The molecule has 5 fully saturated rings. The van der Waals surface area contributed by atoms with E-state index in [1.165, 1.54) is 19.3 Å². The van der Waals surface area contributed by atoms with Crippen LogP contribution in [0.3, 0.4) is 0 Å². The van der Waals surface area contributed by atoms with Crippen molar-refractivity contribution in [3.8, 4) is 0 Å². The number of urea groups is 1. The number of aromatic nitrogens is 1. The molecule has 4 bridgehead atoms. The van der Waals surface area contributed by atoms with Gasteiger partial charge in [0, 0.05) is 55.5 Å². The zero-order valence-corrected chi connectivity index (χ0v) is 26.9. The number of benzene rings is 2. The fraction of sp³-hybridized carbons (Fsp3) is 0.526. The highest BCUT2D eigenvalue weighted by atomic mass is 16.7. The Morgan fingerprint density at radius 2 is 1.57 bits per heavy atom. The Hall–Kier alpha value is -3.30. The van der Waals surface area contributed by atoms with Crippen LogP contribution >= 0.6 is 0 Å². The number of hydrogen-bond acceptors (Lipinski definition) is 6. The average molecular weight is 625 g/mol. The fourth-order valence-corrected chi connectivity index (χ4v) is 8.85. The third kappa shape index (κ3) is 7.46. The average Bonchev–Trinajstić information content (AvgIpc) is 3.06. The standard InChI is InChI=1S/C38H48N4O4/c1-42(15-13-33-4-2-3-14-39-33)24-34-19-35(31-9-7-27(25-43)8-10-31)46-36(45-34)32-11-5-26(6-12-32)23-40-37(44)41-38-20-28-16-29(21-38)18-30(17-28)22-38/h2-12,14,28-30,34-36,43H,13,15-25H2,1H3,(H2,40,41,44)/t28?,29?,30?,34-,35+,36+,38?/m1/s1. The van der Waals surface area contributed by atoms with Crippen LogP contribution in [0.1, 0.15) is 85.3 Å². The molecule has 3 aromatic rings. The molecule has 8 heteroatoms. The number of amides is 2. The lowest BCUT2D eigenvalue weighted by atomic mass is 9.53. The highest BCUT2D eigenvalue weighted by Crippen LogP contribution is 2.55. The highest BCUT2D eigenvalue weighted by Gasteiger charge is 2.51. The maximum absolute atomic E-state index is 13.0. The third-order valence-corrected chi connectivity index (χ3v) is 10.7. The van der Waals surface area contributed by atoms with Crippen molar-refractivity contribution in [2.45, 2.75) is 88.6 Å². The highest BCUT2D eigenvalue weighted by molar-refractivity contribution is 5.75. The molecule has 4 saturated carbocycles. The van der Waals surface area contributed by atoms with Crippen LogP contribution in [0.4, 0.5) is 4.79 Å². The summed E-state index contributed by atoms with van der Waals surface area (Å²) in [7, 11) is 2.13. The number of hydrogen-bond donors (Lipinski definition) is 3. The van der Waals surface area contributed by atoms with Crippen LogP contribution in [0.2, 0.25) is 0 Å². The molecule has 1 saturated heterocycles. The lowest BCUT2D eigenvalue weighted by molar-refractivity contribution is -0.252. The summed E-state index contributed by atoms with van der Waals surface area (Å²) in [5.41, 5.74) is 5.06. The Morgan fingerprint density at radius 3 is 2.22 bits per heavy atom. The van der Waals surface area contributed by atoms with Gasteiger partial charge >= 0.3 is 6.03 Å². The monoisotopic (exact) mass is 624 g/mol. The molecule has 2 amide bonds. The Morgan fingerprint density at radius 1 is 0.891 bits per heavy atom. The van der Waals surface area contributed by atoms with Gasteiger partial charge in [0.1, 0.15) is 0 Å². The molecule has 0 spiro atoms. The van der Waals surface area contributed by atoms with E-state index in [0.29, 0.717) is 6.54 Å². The molecule has 4 aliphatic carbocycles. The minimum absolute atomic E-state index is 0.0103. The number of nitrogens with zero attached hydrogens (tertiary/aromatic N) is 2. The molecule has 244 valence electrons. The maximum Gasteiger partial charge on any atom is 0.315 e. The van der Waals surface area contributed by atoms with Crippen LogP contribution in [0.25, 0.3) is 0 Å². The van der Waals surface area contributed by atoms with Gasteiger partial charge in [-0.3, -0.25) is 4.98 Å². The summed E-state index contributed by atoms with van der Waals surface area (Å²) < 4.78 is 13.1. The van der Waals surface area contributed by atoms with Crippen LogP contribution in [0, 0.1) is 17.8 Å². The van der Waals surface area contributed by atoms with Gasteiger partial charge in [0.05, 0.1) is 18.8 Å². The smallest absolute Gasteiger partial charge is 0.315 e. The predicted octanol–water partition coefficient (Wildman–Crippen LogP) is 6.06. The summed E-state index contributed by atoms with van der Waals surface area (Å²) in [5, 5.41) is 16.1. The Labute approximate surface area is 272 Å². The van der Waals surface area contributed by atoms with Gasteiger partial charge in [0.2, 0.25) is 0 Å². The minimum Gasteiger partial charge on any atom is -0.392 e. The van der Waals surface area contributed by atoms with Crippen LogP contribution < -0.4 is 10.6 Å². The Balaban J connectivity index is 0.970. The van der Waals surface area contributed by atoms with Crippen molar-refractivity contribution in [1.29, 1.82) is 0 Å². The topological polar surface area (TPSA) is 96.0 Å². The summed E-state index contributed by atoms with van der Waals surface area (Å²) in [6.07, 6.45) is 10.3. The lowest BCUT2D eigenvalue weighted by Gasteiger charge is -2.56. The Bertz CT molecular complexity index is 1410. The quantitative estimate of drug-likeness (QED) is 0.240. The molecule has 5 aliphatic rings. The van der Waals surface area contributed by atoms with Crippen molar-refractivity contribution < 1.29 is 19.4 Å². The van der Waals surface area contributed by atoms with E-state index >= 15 is 0 Å². The van der Waals surface area contributed by atoms with E-state index in [1.807, 2.05) is 42.6 Å². The summed E-state index contributed by atoms with van der Waals surface area (Å²) in [6, 6.07) is 22.2. The summed E-state index contributed by atoms with van der Waals surface area (Å²) in [6.45, 7) is 2.16. The first-order valence-corrected chi connectivity index (χ1v) is 17.2. The number of rotatable bonds is 11. The molecule has 46 heavy (non-hydrogen) atoms. The molecule has 8 rings (SSSR count). The van der Waals surface area contributed by atoms with Crippen LogP contribution in [0.5, 0.6) is 0 Å². The van der Waals surface area contributed by atoms with Gasteiger partial charge in [0.15, 0.2) is 6.29 Å². The van der Waals surface area contributed by atoms with Crippen molar-refractivity contribution in [3.05, 3.63) is 101 Å². The van der Waals surface area contributed by atoms with E-state index in [0.717, 1.165) is 90.9 Å². The van der Waals surface area contributed by atoms with Gasteiger partial charge in [-0.15, -0.1) is 0 Å². The summed E-state index contributed by atoms with van der Waals surface area (Å²) in [4.78, 5) is 19.8. The number of aliphatic hydroxyl groups is 1. The number of pyridine rings is 1. The number of nitrogens with one attached hydrogen (secondary N) is 2. The molecule has 2 heterocycles. The second-order valence-corrected chi connectivity index (χ2v) is 14.4. The SMILES string of the molecule is CN(CCc1ccccn1)C[C@H]1C[C@@H](c2ccc(CO)cc2)O[C@@H](c2ccc(CNC(=O)NC34CC5CC(CC(C5)C3)C4)cc2)O1. The maximum atomic E-state index is 13.0. The van der Waals surface area contributed by atoms with E-state index in [4.69, 9.17) is 9.47 Å². The second-order valence-electron chi connectivity index (χ2n) is 14.4. The van der Waals surface area contributed by atoms with Crippen molar-refractivity contribution in [2.75, 3.05) is 20.1 Å². The number of ether oxygens (including phenoxy) is 2. The van der Waals surface area contributed by atoms with Gasteiger partial charge in [0.25, 0.3) is 0 Å². The van der Waals surface area contributed by atoms with Crippen LogP contribution in [0.15, 0.2) is 72.9 Å². The molecule has 1 aromatic heterocycles. The first kappa shape index (κ1) is 31.3. The first-order valence-electron chi connectivity index (χ1n) is 17.2. The number of carbonyl (C=O) groups excluding carboxylic acids is 1. The second kappa shape index (κ2) is 13.8. The van der Waals surface area contributed by atoms with E-state index in [2.05, 4.69) is 57.9 Å². The zero-order chi connectivity index (χ0) is 31.5. The zero-order valence-electron chi connectivity index (χ0n) is 26.9. The van der Waals surface area contributed by atoms with Crippen molar-refractivity contribution >= 4 is 6.03 Å². The van der Waals surface area contributed by atoms with Crippen molar-refractivity contribution in [2.24, 2.45) is 17.8 Å². The number of likely N-dealkylation sites (N-methyl/N-ethyl adjacent to an activating group) is 1. The molecule has 3 atom stereocenters. The van der Waals surface area contributed by atoms with E-state index in [-0.39, 0.29) is 30.4 Å². The lowest BCUT2D eigenvalue weighted by Crippen LogP contribution is -2.61. The summed E-state index contributed by atoms with van der Waals surface area (Å²) in [5.74, 6) is 2.40. The molecular formula is C38H48N4O4. The molecule has 0 unspecified atom stereocenters. The summed E-state index contributed by atoms with van der Waals surface area (Å²) >= 11 is 0. The normalized spacial score (nSPS) is 30.0. The molecule has 0 radical (unpaired) electrons. The van der Waals surface area contributed by atoms with Crippen LogP contribution in [-0.2, 0) is 29.0 Å². The minimum atomic E-state index is -0.508. The van der Waals surface area contributed by atoms with Gasteiger partial charge < -0.3 is 30.1 Å². The van der Waals surface area contributed by atoms with Crippen LogP contribution in [-0.4, -0.2) is 52.8 Å². The molecule has 2 aromatic carbocycles. The number of carbonyl (C=O) groups is 1. The van der Waals surface area contributed by atoms with Gasteiger partial charge in [-0.05, 0) is 92.1 Å².